The summed E-state index contributed by atoms with van der Waals surface area (Å²) in [7, 11) is 1.93. The van der Waals surface area contributed by atoms with Crippen molar-refractivity contribution >= 4 is 50.6 Å². The predicted octanol–water partition coefficient (Wildman–Crippen LogP) is 4.27. The number of halogens is 1. The number of benzene rings is 1. The Morgan fingerprint density at radius 2 is 2.20 bits per heavy atom. The van der Waals surface area contributed by atoms with Gasteiger partial charge in [-0.3, -0.25) is 4.79 Å². The molecule has 1 amide bonds. The van der Waals surface area contributed by atoms with E-state index in [1.807, 2.05) is 42.8 Å². The lowest BCUT2D eigenvalue weighted by Gasteiger charge is -2.08. The van der Waals surface area contributed by atoms with Crippen LogP contribution in [0.3, 0.4) is 0 Å². The Hall–Kier alpha value is -1.64. The molecule has 0 saturated carbocycles. The van der Waals surface area contributed by atoms with Crippen LogP contribution in [-0.2, 0) is 18.3 Å². The van der Waals surface area contributed by atoms with Gasteiger partial charge in [-0.1, -0.05) is 23.9 Å². The monoisotopic (exact) mass is 436 g/mol. The molecule has 0 aliphatic heterocycles. The lowest BCUT2D eigenvalue weighted by atomic mass is 10.2. The zero-order chi connectivity index (χ0) is 17.8. The van der Waals surface area contributed by atoms with Crippen molar-refractivity contribution < 1.29 is 4.79 Å². The molecule has 2 aromatic heterocycles. The van der Waals surface area contributed by atoms with Gasteiger partial charge in [-0.2, -0.15) is 0 Å². The molecule has 0 atom stereocenters. The maximum Gasteiger partial charge on any atom is 0.234 e. The number of rotatable bonds is 6. The van der Waals surface area contributed by atoms with Crippen LogP contribution in [0.5, 0.6) is 0 Å². The minimum Gasteiger partial charge on any atom is -0.324 e. The molecule has 0 saturated heterocycles. The second-order valence-corrected chi connectivity index (χ2v) is 8.36. The minimum atomic E-state index is -0.0719. The van der Waals surface area contributed by atoms with Crippen molar-refractivity contribution in [3.05, 3.63) is 56.4 Å². The lowest BCUT2D eigenvalue weighted by Crippen LogP contribution is -2.15. The Morgan fingerprint density at radius 3 is 2.92 bits per heavy atom. The van der Waals surface area contributed by atoms with Crippen LogP contribution >= 0.6 is 39.0 Å². The van der Waals surface area contributed by atoms with Crippen LogP contribution in [0.25, 0.3) is 0 Å². The highest BCUT2D eigenvalue weighted by molar-refractivity contribution is 9.10. The Balaban J connectivity index is 1.58. The summed E-state index contributed by atoms with van der Waals surface area (Å²) in [5.41, 5.74) is 1.91. The molecule has 0 bridgehead atoms. The minimum absolute atomic E-state index is 0.0719. The standard InChI is InChI=1S/C17H17BrN4OS2/c1-11-5-6-14(13(18)8-11)19-16(23)10-25-17-21-20-15(22(17)2)9-12-4-3-7-24-12/h3-8H,9-10H2,1-2H3,(H,19,23). The number of aryl methyl sites for hydroxylation is 1. The van der Waals surface area contributed by atoms with Gasteiger partial charge in [-0.25, -0.2) is 0 Å². The first-order valence-electron chi connectivity index (χ1n) is 7.62. The van der Waals surface area contributed by atoms with Gasteiger partial charge in [0.1, 0.15) is 5.82 Å². The molecule has 0 spiro atoms. The summed E-state index contributed by atoms with van der Waals surface area (Å²) in [5, 5.41) is 14.1. The van der Waals surface area contributed by atoms with Crippen LogP contribution in [0.2, 0.25) is 0 Å². The summed E-state index contributed by atoms with van der Waals surface area (Å²) in [6, 6.07) is 9.94. The molecule has 3 aromatic rings. The fraction of sp³-hybridized carbons (Fsp3) is 0.235. The third-order valence-electron chi connectivity index (χ3n) is 3.57. The van der Waals surface area contributed by atoms with Gasteiger partial charge in [0.05, 0.1) is 11.4 Å². The van der Waals surface area contributed by atoms with Crippen LogP contribution in [0, 0.1) is 6.92 Å². The molecule has 0 unspecified atom stereocenters. The molecule has 2 heterocycles. The van der Waals surface area contributed by atoms with Crippen molar-refractivity contribution in [2.45, 2.75) is 18.5 Å². The molecule has 0 aliphatic rings. The van der Waals surface area contributed by atoms with Crippen LogP contribution in [0.1, 0.15) is 16.3 Å². The molecule has 130 valence electrons. The first-order valence-corrected chi connectivity index (χ1v) is 10.3. The lowest BCUT2D eigenvalue weighted by molar-refractivity contribution is -0.113. The van der Waals surface area contributed by atoms with E-state index in [4.69, 9.17) is 0 Å². The molecule has 1 aromatic carbocycles. The molecule has 1 N–H and O–H groups in total. The van der Waals surface area contributed by atoms with Crippen LogP contribution in [0.15, 0.2) is 45.3 Å². The Morgan fingerprint density at radius 1 is 1.36 bits per heavy atom. The number of carbonyl (C=O) groups is 1. The largest absolute Gasteiger partial charge is 0.324 e. The van der Waals surface area contributed by atoms with E-state index in [9.17, 15) is 4.79 Å². The van der Waals surface area contributed by atoms with Gasteiger partial charge in [0.25, 0.3) is 0 Å². The van der Waals surface area contributed by atoms with E-state index in [1.165, 1.54) is 16.6 Å². The zero-order valence-corrected chi connectivity index (χ0v) is 17.0. The molecule has 0 fully saturated rings. The van der Waals surface area contributed by atoms with Gasteiger partial charge in [0.15, 0.2) is 5.16 Å². The van der Waals surface area contributed by atoms with Crippen LogP contribution in [-0.4, -0.2) is 26.4 Å². The molecular weight excluding hydrogens is 420 g/mol. The fourth-order valence-electron chi connectivity index (χ4n) is 2.23. The maximum absolute atomic E-state index is 12.2. The molecule has 5 nitrogen and oxygen atoms in total. The Bertz CT molecular complexity index is 877. The van der Waals surface area contributed by atoms with E-state index in [-0.39, 0.29) is 11.7 Å². The summed E-state index contributed by atoms with van der Waals surface area (Å²) >= 11 is 6.55. The average molecular weight is 437 g/mol. The van der Waals surface area contributed by atoms with Crippen molar-refractivity contribution in [1.82, 2.24) is 14.8 Å². The SMILES string of the molecule is Cc1ccc(NC(=O)CSc2nnc(Cc3cccs3)n2C)c(Br)c1. The van der Waals surface area contributed by atoms with Crippen molar-refractivity contribution in [1.29, 1.82) is 0 Å². The number of nitrogens with zero attached hydrogens (tertiary/aromatic N) is 3. The topological polar surface area (TPSA) is 59.8 Å². The van der Waals surface area contributed by atoms with Gasteiger partial charge in [-0.15, -0.1) is 21.5 Å². The zero-order valence-electron chi connectivity index (χ0n) is 13.8. The summed E-state index contributed by atoms with van der Waals surface area (Å²) in [6.07, 6.45) is 0.754. The van der Waals surface area contributed by atoms with Gasteiger partial charge in [0.2, 0.25) is 5.91 Å². The summed E-state index contributed by atoms with van der Waals surface area (Å²) in [6.45, 7) is 2.01. The summed E-state index contributed by atoms with van der Waals surface area (Å²) in [4.78, 5) is 13.4. The number of hydrogen-bond acceptors (Lipinski definition) is 5. The number of anilines is 1. The van der Waals surface area contributed by atoms with Gasteiger partial charge in [0, 0.05) is 22.8 Å². The number of aromatic nitrogens is 3. The normalized spacial score (nSPS) is 10.8. The number of carbonyl (C=O) groups excluding carboxylic acids is 1. The van der Waals surface area contributed by atoms with E-state index in [2.05, 4.69) is 42.9 Å². The van der Waals surface area contributed by atoms with E-state index in [0.717, 1.165) is 33.1 Å². The third-order valence-corrected chi connectivity index (χ3v) is 6.12. The first-order chi connectivity index (χ1) is 12.0. The van der Waals surface area contributed by atoms with E-state index < -0.39 is 0 Å². The number of thioether (sulfide) groups is 1. The molecule has 8 heteroatoms. The second kappa shape index (κ2) is 8.16. The van der Waals surface area contributed by atoms with Gasteiger partial charge in [-0.05, 0) is 52.0 Å². The van der Waals surface area contributed by atoms with Crippen molar-refractivity contribution in [2.75, 3.05) is 11.1 Å². The highest BCUT2D eigenvalue weighted by Crippen LogP contribution is 2.24. The van der Waals surface area contributed by atoms with Gasteiger partial charge >= 0.3 is 0 Å². The number of amides is 1. The highest BCUT2D eigenvalue weighted by Gasteiger charge is 2.13. The predicted molar refractivity (Wildman–Crippen MR) is 106 cm³/mol. The summed E-state index contributed by atoms with van der Waals surface area (Å²) in [5.74, 6) is 1.11. The molecule has 0 radical (unpaired) electrons. The average Bonchev–Trinajstić information content (AvgIpc) is 3.20. The molecule has 25 heavy (non-hydrogen) atoms. The second-order valence-electron chi connectivity index (χ2n) is 5.53. The number of thiophene rings is 1. The van der Waals surface area contributed by atoms with E-state index in [1.54, 1.807) is 11.3 Å². The van der Waals surface area contributed by atoms with Crippen LogP contribution < -0.4 is 5.32 Å². The molecule has 0 aliphatic carbocycles. The maximum atomic E-state index is 12.2. The smallest absolute Gasteiger partial charge is 0.234 e. The Labute approximate surface area is 163 Å². The quantitative estimate of drug-likeness (QED) is 0.586. The number of nitrogens with one attached hydrogen (secondary N) is 1. The Kier molecular flexibility index (Phi) is 5.93. The van der Waals surface area contributed by atoms with Crippen molar-refractivity contribution in [3.63, 3.8) is 0 Å². The molecule has 3 rings (SSSR count). The van der Waals surface area contributed by atoms with Gasteiger partial charge < -0.3 is 9.88 Å². The third kappa shape index (κ3) is 4.71. The number of hydrogen-bond donors (Lipinski definition) is 1. The van der Waals surface area contributed by atoms with Crippen LogP contribution in [0.4, 0.5) is 5.69 Å². The molecular formula is C17H17BrN4OS2. The van der Waals surface area contributed by atoms with Crippen molar-refractivity contribution in [2.24, 2.45) is 7.05 Å². The van der Waals surface area contributed by atoms with Crippen molar-refractivity contribution in [3.8, 4) is 0 Å². The van der Waals surface area contributed by atoms with E-state index in [0.29, 0.717) is 0 Å². The summed E-state index contributed by atoms with van der Waals surface area (Å²) < 4.78 is 2.82. The highest BCUT2D eigenvalue weighted by atomic mass is 79.9. The van der Waals surface area contributed by atoms with E-state index >= 15 is 0 Å². The first kappa shape index (κ1) is 18.2. The fourth-order valence-corrected chi connectivity index (χ4v) is 4.26.